The molecule has 0 rings (SSSR count). The van der Waals surface area contributed by atoms with Crippen molar-refractivity contribution in [2.24, 2.45) is 4.99 Å². The standard InChI is InChI=1S/C10H17F2N/c1-4-6-7-13-9(10(11)12)8(3)5-2/h7,10H,4-6H2,1-3H3/b9-8+,13-7?. The largest absolute Gasteiger partial charge is 0.280 e. The predicted octanol–water partition coefficient (Wildman–Crippen LogP) is 3.81. The molecular formula is C10H17F2N. The summed E-state index contributed by atoms with van der Waals surface area (Å²) in [4.78, 5) is 3.79. The van der Waals surface area contributed by atoms with Gasteiger partial charge in [-0.1, -0.05) is 20.3 Å². The molecule has 0 amide bonds. The lowest BCUT2D eigenvalue weighted by Gasteiger charge is -2.04. The zero-order valence-corrected chi connectivity index (χ0v) is 8.48. The number of rotatable bonds is 5. The molecule has 0 saturated heterocycles. The average Bonchev–Trinajstić information content (AvgIpc) is 2.11. The van der Waals surface area contributed by atoms with Gasteiger partial charge < -0.3 is 0 Å². The van der Waals surface area contributed by atoms with Gasteiger partial charge in [0.05, 0.1) is 0 Å². The smallest absolute Gasteiger partial charge is 0.260 e. The molecule has 0 heterocycles. The summed E-state index contributed by atoms with van der Waals surface area (Å²) in [5, 5.41) is 0. The van der Waals surface area contributed by atoms with Crippen LogP contribution in [0.3, 0.4) is 0 Å². The first-order valence-electron chi connectivity index (χ1n) is 4.63. The molecule has 0 fully saturated rings. The summed E-state index contributed by atoms with van der Waals surface area (Å²) in [6.07, 6.45) is 1.44. The minimum absolute atomic E-state index is 0.0593. The van der Waals surface area contributed by atoms with E-state index in [1.165, 1.54) is 0 Å². The fraction of sp³-hybridized carbons (Fsp3) is 0.700. The summed E-state index contributed by atoms with van der Waals surface area (Å²) in [7, 11) is 0. The highest BCUT2D eigenvalue weighted by Gasteiger charge is 2.11. The van der Waals surface area contributed by atoms with Crippen molar-refractivity contribution in [3.05, 3.63) is 11.3 Å². The predicted molar refractivity (Wildman–Crippen MR) is 52.4 cm³/mol. The Labute approximate surface area is 78.6 Å². The molecule has 0 aromatic heterocycles. The van der Waals surface area contributed by atoms with Crippen molar-refractivity contribution in [3.63, 3.8) is 0 Å². The maximum Gasteiger partial charge on any atom is 0.280 e. The third-order valence-electron chi connectivity index (χ3n) is 1.82. The normalized spacial score (nSPS) is 14.0. The molecule has 0 aliphatic rings. The van der Waals surface area contributed by atoms with Crippen molar-refractivity contribution in [2.45, 2.75) is 46.5 Å². The first kappa shape index (κ1) is 12.3. The second-order valence-electron chi connectivity index (χ2n) is 2.92. The second kappa shape index (κ2) is 6.75. The first-order valence-corrected chi connectivity index (χ1v) is 4.63. The van der Waals surface area contributed by atoms with E-state index in [-0.39, 0.29) is 5.70 Å². The number of unbranched alkanes of at least 4 members (excludes halogenated alkanes) is 1. The van der Waals surface area contributed by atoms with Crippen LogP contribution in [-0.2, 0) is 0 Å². The molecular weight excluding hydrogens is 172 g/mol. The van der Waals surface area contributed by atoms with E-state index < -0.39 is 6.43 Å². The number of hydrogen-bond acceptors (Lipinski definition) is 1. The zero-order chi connectivity index (χ0) is 10.3. The van der Waals surface area contributed by atoms with Crippen LogP contribution in [0.2, 0.25) is 0 Å². The fourth-order valence-corrected chi connectivity index (χ4v) is 0.826. The van der Waals surface area contributed by atoms with Crippen molar-refractivity contribution in [2.75, 3.05) is 0 Å². The minimum atomic E-state index is -2.45. The summed E-state index contributed by atoms with van der Waals surface area (Å²) >= 11 is 0. The summed E-state index contributed by atoms with van der Waals surface area (Å²) in [5.41, 5.74) is 0.610. The maximum absolute atomic E-state index is 12.4. The van der Waals surface area contributed by atoms with Gasteiger partial charge in [0, 0.05) is 6.21 Å². The Balaban J connectivity index is 4.44. The number of halogens is 2. The maximum atomic E-state index is 12.4. The van der Waals surface area contributed by atoms with E-state index in [1.807, 2.05) is 13.8 Å². The molecule has 0 unspecified atom stereocenters. The highest BCUT2D eigenvalue weighted by atomic mass is 19.3. The highest BCUT2D eigenvalue weighted by Crippen LogP contribution is 2.17. The molecule has 0 N–H and O–H groups in total. The van der Waals surface area contributed by atoms with E-state index in [2.05, 4.69) is 4.99 Å². The van der Waals surface area contributed by atoms with Gasteiger partial charge in [-0.25, -0.2) is 8.78 Å². The van der Waals surface area contributed by atoms with Crippen LogP contribution >= 0.6 is 0 Å². The third kappa shape index (κ3) is 4.76. The number of aliphatic imine (C=N–C) groups is 1. The van der Waals surface area contributed by atoms with Crippen molar-refractivity contribution in [3.8, 4) is 0 Å². The van der Waals surface area contributed by atoms with Crippen LogP contribution in [0.4, 0.5) is 8.78 Å². The van der Waals surface area contributed by atoms with Gasteiger partial charge in [0.15, 0.2) is 0 Å². The average molecular weight is 189 g/mol. The van der Waals surface area contributed by atoms with Crippen LogP contribution in [0.1, 0.15) is 40.0 Å². The Hall–Kier alpha value is -0.730. The summed E-state index contributed by atoms with van der Waals surface area (Å²) in [6, 6.07) is 0. The van der Waals surface area contributed by atoms with Gasteiger partial charge in [0.25, 0.3) is 6.43 Å². The van der Waals surface area contributed by atoms with E-state index in [0.29, 0.717) is 12.0 Å². The van der Waals surface area contributed by atoms with Gasteiger partial charge in [-0.15, -0.1) is 0 Å². The van der Waals surface area contributed by atoms with Gasteiger partial charge in [-0.05, 0) is 25.3 Å². The molecule has 0 spiro atoms. The van der Waals surface area contributed by atoms with Crippen LogP contribution in [0.15, 0.2) is 16.3 Å². The van der Waals surface area contributed by atoms with Gasteiger partial charge in [-0.2, -0.15) is 0 Å². The molecule has 0 aromatic carbocycles. The molecule has 3 heteroatoms. The summed E-state index contributed by atoms with van der Waals surface area (Å²) in [5.74, 6) is 0. The van der Waals surface area contributed by atoms with Crippen molar-refractivity contribution in [1.29, 1.82) is 0 Å². The van der Waals surface area contributed by atoms with Crippen LogP contribution < -0.4 is 0 Å². The first-order chi connectivity index (χ1) is 6.13. The zero-order valence-electron chi connectivity index (χ0n) is 8.48. The van der Waals surface area contributed by atoms with Crippen molar-refractivity contribution in [1.82, 2.24) is 0 Å². The SMILES string of the molecule is CCCC=N/C(=C(\C)CC)C(F)F. The molecule has 0 saturated carbocycles. The van der Waals surface area contributed by atoms with Gasteiger partial charge in [-0.3, -0.25) is 4.99 Å². The highest BCUT2D eigenvalue weighted by molar-refractivity contribution is 5.59. The van der Waals surface area contributed by atoms with Crippen LogP contribution in [0.25, 0.3) is 0 Å². The summed E-state index contributed by atoms with van der Waals surface area (Å²) < 4.78 is 24.8. The number of allylic oxidation sites excluding steroid dienone is 2. The summed E-state index contributed by atoms with van der Waals surface area (Å²) in [6.45, 7) is 5.54. The van der Waals surface area contributed by atoms with Crippen LogP contribution in [-0.4, -0.2) is 12.6 Å². The molecule has 13 heavy (non-hydrogen) atoms. The molecule has 0 bridgehead atoms. The topological polar surface area (TPSA) is 12.4 Å². The Morgan fingerprint density at radius 2 is 2.00 bits per heavy atom. The van der Waals surface area contributed by atoms with Crippen LogP contribution in [0, 0.1) is 0 Å². The lowest BCUT2D eigenvalue weighted by Crippen LogP contribution is -1.98. The quantitative estimate of drug-likeness (QED) is 0.583. The Morgan fingerprint density at radius 3 is 2.38 bits per heavy atom. The molecule has 0 radical (unpaired) electrons. The number of hydrogen-bond donors (Lipinski definition) is 0. The Kier molecular flexibility index (Phi) is 6.37. The van der Waals surface area contributed by atoms with Crippen molar-refractivity contribution < 1.29 is 8.78 Å². The molecule has 1 nitrogen and oxygen atoms in total. The molecule has 76 valence electrons. The minimum Gasteiger partial charge on any atom is -0.260 e. The lowest BCUT2D eigenvalue weighted by atomic mass is 10.2. The fourth-order valence-electron chi connectivity index (χ4n) is 0.826. The van der Waals surface area contributed by atoms with Crippen molar-refractivity contribution >= 4 is 6.21 Å². The monoisotopic (exact) mass is 189 g/mol. The van der Waals surface area contributed by atoms with Gasteiger partial charge in [0.1, 0.15) is 5.70 Å². The van der Waals surface area contributed by atoms with E-state index in [0.717, 1.165) is 12.8 Å². The lowest BCUT2D eigenvalue weighted by molar-refractivity contribution is 0.186. The van der Waals surface area contributed by atoms with E-state index in [4.69, 9.17) is 0 Å². The van der Waals surface area contributed by atoms with Crippen LogP contribution in [0.5, 0.6) is 0 Å². The number of nitrogens with zero attached hydrogens (tertiary/aromatic N) is 1. The Morgan fingerprint density at radius 1 is 1.38 bits per heavy atom. The van der Waals surface area contributed by atoms with Gasteiger partial charge >= 0.3 is 0 Å². The molecule has 0 aromatic rings. The van der Waals surface area contributed by atoms with E-state index in [9.17, 15) is 8.78 Å². The second-order valence-corrected chi connectivity index (χ2v) is 2.92. The third-order valence-corrected chi connectivity index (χ3v) is 1.82. The van der Waals surface area contributed by atoms with E-state index >= 15 is 0 Å². The molecule has 0 aliphatic carbocycles. The molecule has 0 aliphatic heterocycles. The molecule has 0 atom stereocenters. The van der Waals surface area contributed by atoms with E-state index in [1.54, 1.807) is 13.1 Å². The number of alkyl halides is 2. The Bertz CT molecular complexity index is 195. The van der Waals surface area contributed by atoms with Gasteiger partial charge in [0.2, 0.25) is 0 Å².